The van der Waals surface area contributed by atoms with Crippen molar-refractivity contribution in [3.8, 4) is 0 Å². The first-order chi connectivity index (χ1) is 8.45. The van der Waals surface area contributed by atoms with E-state index >= 15 is 0 Å². The standard InChI is InChI=1S/C11H14N2O4S/c1-6-9(11(15)16)10(13-7(2)12-6)18-5-4-8(14)17-3/h4-5H2,1-3H3,(H,15,16). The van der Waals surface area contributed by atoms with Gasteiger partial charge in [0.1, 0.15) is 16.4 Å². The minimum Gasteiger partial charge on any atom is -0.478 e. The van der Waals surface area contributed by atoms with Gasteiger partial charge in [0.15, 0.2) is 0 Å². The minimum atomic E-state index is -1.06. The highest BCUT2D eigenvalue weighted by Gasteiger charge is 2.17. The van der Waals surface area contributed by atoms with Crippen LogP contribution < -0.4 is 0 Å². The first-order valence-corrected chi connectivity index (χ1v) is 6.22. The zero-order chi connectivity index (χ0) is 13.7. The van der Waals surface area contributed by atoms with Gasteiger partial charge in [0, 0.05) is 5.75 Å². The second-order valence-corrected chi connectivity index (χ2v) is 4.60. The van der Waals surface area contributed by atoms with Gasteiger partial charge in [0.05, 0.1) is 19.2 Å². The van der Waals surface area contributed by atoms with Gasteiger partial charge in [0.25, 0.3) is 0 Å². The maximum absolute atomic E-state index is 11.1. The lowest BCUT2D eigenvalue weighted by Gasteiger charge is -2.08. The number of methoxy groups -OCH3 is 1. The summed E-state index contributed by atoms with van der Waals surface area (Å²) in [6.45, 7) is 3.32. The van der Waals surface area contributed by atoms with Crippen LogP contribution in [0.3, 0.4) is 0 Å². The van der Waals surface area contributed by atoms with Gasteiger partial charge in [-0.25, -0.2) is 14.8 Å². The molecule has 1 aromatic heterocycles. The van der Waals surface area contributed by atoms with Crippen molar-refractivity contribution in [3.05, 3.63) is 17.1 Å². The number of carboxylic acid groups (broad SMARTS) is 1. The lowest BCUT2D eigenvalue weighted by molar-refractivity contribution is -0.140. The second-order valence-electron chi connectivity index (χ2n) is 3.52. The average molecular weight is 270 g/mol. The smallest absolute Gasteiger partial charge is 0.340 e. The summed E-state index contributed by atoms with van der Waals surface area (Å²) < 4.78 is 4.51. The van der Waals surface area contributed by atoms with Crippen molar-refractivity contribution < 1.29 is 19.4 Å². The SMILES string of the molecule is COC(=O)CCSc1nc(C)nc(C)c1C(=O)O. The van der Waals surface area contributed by atoms with Crippen LogP contribution in [0.1, 0.15) is 28.3 Å². The maximum Gasteiger partial charge on any atom is 0.340 e. The first-order valence-electron chi connectivity index (χ1n) is 5.24. The highest BCUT2D eigenvalue weighted by molar-refractivity contribution is 7.99. The molecule has 1 N–H and O–H groups in total. The fourth-order valence-electron chi connectivity index (χ4n) is 1.36. The van der Waals surface area contributed by atoms with Crippen LogP contribution in [0.5, 0.6) is 0 Å². The topological polar surface area (TPSA) is 89.4 Å². The number of hydrogen-bond acceptors (Lipinski definition) is 6. The van der Waals surface area contributed by atoms with Crippen LogP contribution in [0.15, 0.2) is 5.03 Å². The van der Waals surface area contributed by atoms with E-state index in [1.165, 1.54) is 18.9 Å². The molecular weight excluding hydrogens is 256 g/mol. The highest BCUT2D eigenvalue weighted by Crippen LogP contribution is 2.23. The molecule has 18 heavy (non-hydrogen) atoms. The lowest BCUT2D eigenvalue weighted by Crippen LogP contribution is -2.09. The fourth-order valence-corrected chi connectivity index (χ4v) is 2.40. The Kier molecular flexibility index (Phi) is 5.08. The van der Waals surface area contributed by atoms with Crippen LogP contribution in [0.4, 0.5) is 0 Å². The number of hydrogen-bond donors (Lipinski definition) is 1. The van der Waals surface area contributed by atoms with Gasteiger partial charge < -0.3 is 9.84 Å². The van der Waals surface area contributed by atoms with Gasteiger partial charge in [-0.3, -0.25) is 4.79 Å². The minimum absolute atomic E-state index is 0.0930. The fraction of sp³-hybridized carbons (Fsp3) is 0.455. The molecule has 98 valence electrons. The normalized spacial score (nSPS) is 10.2. The summed E-state index contributed by atoms with van der Waals surface area (Å²) in [5.74, 6) is -0.462. The highest BCUT2D eigenvalue weighted by atomic mass is 32.2. The third-order valence-corrected chi connectivity index (χ3v) is 3.13. The van der Waals surface area contributed by atoms with E-state index in [-0.39, 0.29) is 18.0 Å². The Bertz CT molecular complexity index is 476. The van der Waals surface area contributed by atoms with E-state index in [0.29, 0.717) is 22.3 Å². The molecule has 6 nitrogen and oxygen atoms in total. The van der Waals surface area contributed by atoms with Crippen LogP contribution in [0, 0.1) is 13.8 Å². The molecule has 0 aliphatic rings. The van der Waals surface area contributed by atoms with Crippen molar-refractivity contribution >= 4 is 23.7 Å². The molecule has 0 spiro atoms. The predicted molar refractivity (Wildman–Crippen MR) is 65.8 cm³/mol. The number of aryl methyl sites for hydroxylation is 2. The van der Waals surface area contributed by atoms with E-state index in [9.17, 15) is 9.59 Å². The Morgan fingerprint density at radius 3 is 2.56 bits per heavy atom. The van der Waals surface area contributed by atoms with E-state index in [1.54, 1.807) is 13.8 Å². The van der Waals surface area contributed by atoms with Gasteiger partial charge in [-0.15, -0.1) is 11.8 Å². The molecule has 0 aliphatic heterocycles. The van der Waals surface area contributed by atoms with Crippen molar-refractivity contribution in [2.75, 3.05) is 12.9 Å². The predicted octanol–water partition coefficient (Wildman–Crippen LogP) is 1.45. The molecule has 1 aromatic rings. The van der Waals surface area contributed by atoms with Crippen LogP contribution in [0.2, 0.25) is 0 Å². The molecule has 0 bridgehead atoms. The summed E-state index contributed by atoms with van der Waals surface area (Å²) in [5, 5.41) is 9.49. The Morgan fingerprint density at radius 1 is 1.33 bits per heavy atom. The van der Waals surface area contributed by atoms with E-state index in [1.807, 2.05) is 0 Å². The number of aromatic carboxylic acids is 1. The first kappa shape index (κ1) is 14.4. The molecule has 0 saturated heterocycles. The van der Waals surface area contributed by atoms with Gasteiger partial charge in [-0.2, -0.15) is 0 Å². The van der Waals surface area contributed by atoms with Gasteiger partial charge in [-0.05, 0) is 13.8 Å². The van der Waals surface area contributed by atoms with Crippen molar-refractivity contribution in [1.82, 2.24) is 9.97 Å². The molecule has 0 amide bonds. The van der Waals surface area contributed by atoms with Gasteiger partial charge in [0.2, 0.25) is 0 Å². The molecule has 1 rings (SSSR count). The molecule has 1 heterocycles. The zero-order valence-corrected chi connectivity index (χ0v) is 11.2. The molecular formula is C11H14N2O4S. The second kappa shape index (κ2) is 6.34. The van der Waals surface area contributed by atoms with E-state index < -0.39 is 5.97 Å². The average Bonchev–Trinajstić information content (AvgIpc) is 2.27. The Morgan fingerprint density at radius 2 is 2.00 bits per heavy atom. The summed E-state index contributed by atoms with van der Waals surface area (Å²) >= 11 is 1.21. The Balaban J connectivity index is 2.87. The van der Waals surface area contributed by atoms with Crippen molar-refractivity contribution in [2.24, 2.45) is 0 Å². The quantitative estimate of drug-likeness (QED) is 0.492. The van der Waals surface area contributed by atoms with Crippen molar-refractivity contribution in [1.29, 1.82) is 0 Å². The lowest BCUT2D eigenvalue weighted by atomic mass is 10.2. The third-order valence-electron chi connectivity index (χ3n) is 2.16. The number of carbonyl (C=O) groups is 2. The van der Waals surface area contributed by atoms with Crippen molar-refractivity contribution in [3.63, 3.8) is 0 Å². The van der Waals surface area contributed by atoms with E-state index in [2.05, 4.69) is 14.7 Å². The van der Waals surface area contributed by atoms with E-state index in [0.717, 1.165) is 0 Å². The molecule has 0 saturated carbocycles. The molecule has 0 unspecified atom stereocenters. The van der Waals surface area contributed by atoms with Crippen LogP contribution >= 0.6 is 11.8 Å². The van der Waals surface area contributed by atoms with Crippen LogP contribution in [0.25, 0.3) is 0 Å². The largest absolute Gasteiger partial charge is 0.478 e. The van der Waals surface area contributed by atoms with Crippen LogP contribution in [-0.4, -0.2) is 39.9 Å². The molecule has 0 radical (unpaired) electrons. The van der Waals surface area contributed by atoms with Crippen molar-refractivity contribution in [2.45, 2.75) is 25.3 Å². The van der Waals surface area contributed by atoms with Gasteiger partial charge >= 0.3 is 11.9 Å². The number of nitrogens with zero attached hydrogens (tertiary/aromatic N) is 2. The summed E-state index contributed by atoms with van der Waals surface area (Å²) in [5.41, 5.74) is 0.519. The molecule has 0 atom stereocenters. The number of thioether (sulfide) groups is 1. The van der Waals surface area contributed by atoms with E-state index in [4.69, 9.17) is 5.11 Å². The maximum atomic E-state index is 11.1. The molecule has 0 aromatic carbocycles. The summed E-state index contributed by atoms with van der Waals surface area (Å²) in [7, 11) is 1.31. The Hall–Kier alpha value is -1.63. The molecule has 0 fully saturated rings. The third kappa shape index (κ3) is 3.69. The number of rotatable bonds is 5. The molecule has 7 heteroatoms. The number of carbonyl (C=O) groups excluding carboxylic acids is 1. The zero-order valence-electron chi connectivity index (χ0n) is 10.4. The number of aromatic nitrogens is 2. The van der Waals surface area contributed by atoms with Gasteiger partial charge in [-0.1, -0.05) is 0 Å². The number of esters is 1. The monoisotopic (exact) mass is 270 g/mol. The summed E-state index contributed by atoms with van der Waals surface area (Å²) in [4.78, 5) is 30.2. The summed E-state index contributed by atoms with van der Waals surface area (Å²) in [6, 6.07) is 0. The Labute approximate surface area is 109 Å². The van der Waals surface area contributed by atoms with Crippen LogP contribution in [-0.2, 0) is 9.53 Å². The molecule has 0 aliphatic carbocycles. The summed E-state index contributed by atoms with van der Waals surface area (Å²) in [6.07, 6.45) is 0.211. The number of carboxylic acids is 1. The number of ether oxygens (including phenoxy) is 1.